The quantitative estimate of drug-likeness (QED) is 0.879. The van der Waals surface area contributed by atoms with Crippen LogP contribution in [0.1, 0.15) is 35.8 Å². The summed E-state index contributed by atoms with van der Waals surface area (Å²) in [6.45, 7) is 0.706. The number of aromatic nitrogens is 3. The Kier molecular flexibility index (Phi) is 3.05. The van der Waals surface area contributed by atoms with E-state index in [1.165, 1.54) is 29.0 Å². The summed E-state index contributed by atoms with van der Waals surface area (Å²) in [6, 6.07) is 0.353. The highest BCUT2D eigenvalue weighted by atomic mass is 32.1. The van der Waals surface area contributed by atoms with Gasteiger partial charge in [0.15, 0.2) is 0 Å². The van der Waals surface area contributed by atoms with Crippen LogP contribution in [0.2, 0.25) is 0 Å². The molecular formula is C12H16N4OS. The maximum atomic E-state index is 11.1. The van der Waals surface area contributed by atoms with Crippen molar-refractivity contribution >= 4 is 11.3 Å². The molecule has 0 fully saturated rings. The summed E-state index contributed by atoms with van der Waals surface area (Å²) in [7, 11) is 2.00. The summed E-state index contributed by atoms with van der Waals surface area (Å²) < 4.78 is 1.97. The van der Waals surface area contributed by atoms with Crippen molar-refractivity contribution < 1.29 is 0 Å². The molecule has 2 aromatic heterocycles. The first-order chi connectivity index (χ1) is 8.74. The van der Waals surface area contributed by atoms with Gasteiger partial charge >= 0.3 is 4.87 Å². The Morgan fingerprint density at radius 1 is 1.67 bits per heavy atom. The molecule has 0 aliphatic heterocycles. The number of aryl methyl sites for hydroxylation is 1. The Bertz CT molecular complexity index is 597. The lowest BCUT2D eigenvalue weighted by Gasteiger charge is -2.23. The number of nitrogens with one attached hydrogen (secondary N) is 2. The van der Waals surface area contributed by atoms with Gasteiger partial charge in [0.2, 0.25) is 0 Å². The second-order valence-electron chi connectivity index (χ2n) is 4.67. The molecule has 3 rings (SSSR count). The van der Waals surface area contributed by atoms with E-state index in [2.05, 4.69) is 15.4 Å². The summed E-state index contributed by atoms with van der Waals surface area (Å²) in [5.74, 6) is 0. The molecule has 96 valence electrons. The minimum absolute atomic E-state index is 0.0116. The topological polar surface area (TPSA) is 62.7 Å². The number of H-pyrrole nitrogens is 1. The van der Waals surface area contributed by atoms with Crippen molar-refractivity contribution in [2.75, 3.05) is 0 Å². The van der Waals surface area contributed by atoms with Crippen LogP contribution in [0.3, 0.4) is 0 Å². The van der Waals surface area contributed by atoms with Gasteiger partial charge in [0.25, 0.3) is 0 Å². The van der Waals surface area contributed by atoms with Gasteiger partial charge in [-0.1, -0.05) is 11.3 Å². The second kappa shape index (κ2) is 4.70. The predicted molar refractivity (Wildman–Crippen MR) is 70.7 cm³/mol. The third-order valence-corrected chi connectivity index (χ3v) is 4.20. The zero-order chi connectivity index (χ0) is 12.5. The fraction of sp³-hybridized carbons (Fsp3) is 0.500. The van der Waals surface area contributed by atoms with Gasteiger partial charge in [-0.3, -0.25) is 9.48 Å². The number of fused-ring (bicyclic) bond motifs is 1. The van der Waals surface area contributed by atoms with E-state index in [1.54, 1.807) is 0 Å². The summed E-state index contributed by atoms with van der Waals surface area (Å²) >= 11 is 1.21. The van der Waals surface area contributed by atoms with Gasteiger partial charge in [0.05, 0.1) is 6.20 Å². The Morgan fingerprint density at radius 3 is 3.33 bits per heavy atom. The molecule has 2 aromatic rings. The van der Waals surface area contributed by atoms with E-state index in [4.69, 9.17) is 0 Å². The summed E-state index contributed by atoms with van der Waals surface area (Å²) in [6.07, 6.45) is 5.39. The third-order valence-electron chi connectivity index (χ3n) is 3.49. The number of hydrogen-bond acceptors (Lipinski definition) is 4. The Balaban J connectivity index is 1.72. The molecule has 0 saturated carbocycles. The highest BCUT2D eigenvalue weighted by Crippen LogP contribution is 2.29. The van der Waals surface area contributed by atoms with Crippen LogP contribution in [0.25, 0.3) is 0 Å². The smallest absolute Gasteiger partial charge is 0.304 e. The molecule has 0 amide bonds. The van der Waals surface area contributed by atoms with E-state index in [0.29, 0.717) is 12.6 Å². The van der Waals surface area contributed by atoms with Crippen molar-refractivity contribution in [2.24, 2.45) is 7.05 Å². The molecule has 1 unspecified atom stereocenters. The van der Waals surface area contributed by atoms with Crippen LogP contribution in [0.5, 0.6) is 0 Å². The van der Waals surface area contributed by atoms with E-state index in [-0.39, 0.29) is 4.87 Å². The highest BCUT2D eigenvalue weighted by Gasteiger charge is 2.22. The van der Waals surface area contributed by atoms with Gasteiger partial charge in [-0.05, 0) is 19.3 Å². The van der Waals surface area contributed by atoms with Crippen molar-refractivity contribution in [3.05, 3.63) is 38.2 Å². The van der Waals surface area contributed by atoms with Crippen molar-refractivity contribution in [3.8, 4) is 0 Å². The van der Waals surface area contributed by atoms with Crippen LogP contribution in [-0.2, 0) is 20.0 Å². The van der Waals surface area contributed by atoms with Gasteiger partial charge in [-0.25, -0.2) is 0 Å². The molecule has 0 radical (unpaired) electrons. The lowest BCUT2D eigenvalue weighted by atomic mass is 9.93. The van der Waals surface area contributed by atoms with Crippen LogP contribution in [-0.4, -0.2) is 14.8 Å². The minimum atomic E-state index is 0.0116. The first kappa shape index (κ1) is 11.7. The van der Waals surface area contributed by atoms with Crippen LogP contribution in [0, 0.1) is 0 Å². The van der Waals surface area contributed by atoms with E-state index in [9.17, 15) is 4.79 Å². The van der Waals surface area contributed by atoms with Crippen molar-refractivity contribution in [3.63, 3.8) is 0 Å². The van der Waals surface area contributed by atoms with Crippen LogP contribution < -0.4 is 10.2 Å². The average Bonchev–Trinajstić information content (AvgIpc) is 2.94. The summed E-state index contributed by atoms with van der Waals surface area (Å²) in [5.41, 5.74) is 3.60. The lowest BCUT2D eigenvalue weighted by Crippen LogP contribution is -2.25. The first-order valence-corrected chi connectivity index (χ1v) is 7.03. The molecule has 1 aliphatic rings. The number of aromatic amines is 1. The average molecular weight is 264 g/mol. The van der Waals surface area contributed by atoms with Gasteiger partial charge in [0, 0.05) is 42.0 Å². The van der Waals surface area contributed by atoms with Crippen molar-refractivity contribution in [1.29, 1.82) is 0 Å². The molecule has 0 saturated heterocycles. The van der Waals surface area contributed by atoms with E-state index >= 15 is 0 Å². The zero-order valence-electron chi connectivity index (χ0n) is 10.3. The number of hydrogen-bond donors (Lipinski definition) is 2. The first-order valence-electron chi connectivity index (χ1n) is 6.15. The molecule has 1 atom stereocenters. The van der Waals surface area contributed by atoms with E-state index in [1.807, 2.05) is 23.3 Å². The summed E-state index contributed by atoms with van der Waals surface area (Å²) in [4.78, 5) is 13.9. The molecule has 2 heterocycles. The van der Waals surface area contributed by atoms with Crippen molar-refractivity contribution in [2.45, 2.75) is 31.8 Å². The molecule has 18 heavy (non-hydrogen) atoms. The van der Waals surface area contributed by atoms with Crippen molar-refractivity contribution in [1.82, 2.24) is 20.1 Å². The molecule has 0 aromatic carbocycles. The molecule has 0 bridgehead atoms. The third kappa shape index (κ3) is 2.13. The van der Waals surface area contributed by atoms with E-state index in [0.717, 1.165) is 18.5 Å². The Labute approximate surface area is 109 Å². The molecule has 6 heteroatoms. The maximum Gasteiger partial charge on any atom is 0.304 e. The number of thiazole rings is 1. The molecule has 2 N–H and O–H groups in total. The normalized spacial score (nSPS) is 18.8. The Morgan fingerprint density at radius 2 is 2.56 bits per heavy atom. The number of rotatable bonds is 3. The van der Waals surface area contributed by atoms with Gasteiger partial charge < -0.3 is 10.3 Å². The Hall–Kier alpha value is -1.40. The molecule has 0 spiro atoms. The van der Waals surface area contributed by atoms with Crippen LogP contribution in [0.4, 0.5) is 0 Å². The fourth-order valence-electron chi connectivity index (χ4n) is 2.55. The fourth-order valence-corrected chi connectivity index (χ4v) is 3.13. The van der Waals surface area contributed by atoms with Gasteiger partial charge in [-0.2, -0.15) is 5.10 Å². The minimum Gasteiger partial charge on any atom is -0.315 e. The largest absolute Gasteiger partial charge is 0.315 e. The SMILES string of the molecule is Cn1ncc2c1CCCC2NCc1csc(=O)[nH]1. The highest BCUT2D eigenvalue weighted by molar-refractivity contribution is 7.07. The lowest BCUT2D eigenvalue weighted by molar-refractivity contribution is 0.449. The molecular weight excluding hydrogens is 248 g/mol. The molecule has 1 aliphatic carbocycles. The standard InChI is InChI=1S/C12H16N4OS/c1-16-11-4-2-3-10(9(11)6-14-16)13-5-8-7-18-12(17)15-8/h6-7,10,13H,2-5H2,1H3,(H,15,17). The van der Waals surface area contributed by atoms with Crippen LogP contribution in [0.15, 0.2) is 16.4 Å². The second-order valence-corrected chi connectivity index (χ2v) is 5.51. The predicted octanol–water partition coefficient (Wildman–Crippen LogP) is 1.34. The zero-order valence-corrected chi connectivity index (χ0v) is 11.1. The van der Waals surface area contributed by atoms with E-state index < -0.39 is 0 Å². The molecule has 5 nitrogen and oxygen atoms in total. The maximum absolute atomic E-state index is 11.1. The number of nitrogens with zero attached hydrogens (tertiary/aromatic N) is 2. The summed E-state index contributed by atoms with van der Waals surface area (Å²) in [5, 5.41) is 9.71. The van der Waals surface area contributed by atoms with Gasteiger partial charge in [0.1, 0.15) is 0 Å². The van der Waals surface area contributed by atoms with Crippen LogP contribution >= 0.6 is 11.3 Å². The van der Waals surface area contributed by atoms with Gasteiger partial charge in [-0.15, -0.1) is 0 Å². The monoisotopic (exact) mass is 264 g/mol.